The normalized spacial score (nSPS) is 14.2. The molecule has 0 bridgehead atoms. The van der Waals surface area contributed by atoms with Gasteiger partial charge in [-0.3, -0.25) is 19.4 Å². The lowest BCUT2D eigenvalue weighted by molar-refractivity contribution is -0.143. The van der Waals surface area contributed by atoms with Gasteiger partial charge in [0.05, 0.1) is 6.04 Å². The van der Waals surface area contributed by atoms with E-state index in [9.17, 15) is 24.3 Å². The largest absolute Gasteiger partial charge is 0.480 e. The summed E-state index contributed by atoms with van der Waals surface area (Å²) in [6, 6.07) is 5.21. The van der Waals surface area contributed by atoms with E-state index in [0.717, 1.165) is 5.56 Å². The maximum Gasteiger partial charge on any atom is 0.326 e. The van der Waals surface area contributed by atoms with E-state index in [1.54, 1.807) is 13.8 Å². The van der Waals surface area contributed by atoms with E-state index in [-0.39, 0.29) is 43.6 Å². The van der Waals surface area contributed by atoms with Crippen LogP contribution in [-0.2, 0) is 25.6 Å². The number of benzene rings is 1. The summed E-state index contributed by atoms with van der Waals surface area (Å²) in [5.74, 6) is -3.31. The van der Waals surface area contributed by atoms with Gasteiger partial charge in [0.25, 0.3) is 0 Å². The summed E-state index contributed by atoms with van der Waals surface area (Å²) in [5, 5.41) is 17.4. The van der Waals surface area contributed by atoms with E-state index in [2.05, 4.69) is 20.9 Å². The summed E-state index contributed by atoms with van der Waals surface area (Å²) in [7, 11) is 0. The molecule has 0 aliphatic heterocycles. The Balaban J connectivity index is 2.99. The van der Waals surface area contributed by atoms with Crippen LogP contribution in [0.1, 0.15) is 52.5 Å². The van der Waals surface area contributed by atoms with Crippen LogP contribution in [0.25, 0.3) is 0 Å². The monoisotopic (exact) mass is 533 g/mol. The molecule has 12 nitrogen and oxygen atoms in total. The lowest BCUT2D eigenvalue weighted by Gasteiger charge is -2.27. The molecular formula is C26H43N7O5. The Kier molecular flexibility index (Phi) is 13.8. The van der Waals surface area contributed by atoms with Crippen molar-refractivity contribution < 1.29 is 24.3 Å². The lowest BCUT2D eigenvalue weighted by atomic mass is 9.99. The predicted octanol–water partition coefficient (Wildman–Crippen LogP) is -0.149. The molecule has 1 aromatic rings. The third-order valence-electron chi connectivity index (χ3n) is 5.78. The fourth-order valence-electron chi connectivity index (χ4n) is 3.76. The summed E-state index contributed by atoms with van der Waals surface area (Å²) in [4.78, 5) is 54.6. The van der Waals surface area contributed by atoms with Crippen molar-refractivity contribution in [3.05, 3.63) is 35.9 Å². The molecule has 0 aliphatic carbocycles. The van der Waals surface area contributed by atoms with Gasteiger partial charge in [0.15, 0.2) is 5.96 Å². The van der Waals surface area contributed by atoms with Crippen molar-refractivity contribution in [1.82, 2.24) is 16.0 Å². The van der Waals surface area contributed by atoms with Crippen molar-refractivity contribution in [3.8, 4) is 0 Å². The first-order chi connectivity index (χ1) is 17.8. The number of carbonyl (C=O) groups excluding carboxylic acids is 3. The molecule has 0 fully saturated rings. The number of carboxylic acid groups (broad SMARTS) is 1. The number of aliphatic carboxylic acids is 1. The molecule has 4 unspecified atom stereocenters. The van der Waals surface area contributed by atoms with E-state index < -0.39 is 47.9 Å². The van der Waals surface area contributed by atoms with Crippen molar-refractivity contribution >= 4 is 29.7 Å². The standard InChI is InChI=1S/C26H43N7O5/c1-15(2)13-20(25(37)38)32-24(36)21(16(3)4)33-23(35)19(11-8-12-30-26(28)29)31-22(34)18(27)14-17-9-6-5-7-10-17/h5-7,9-10,15-16,18-21H,8,11-14,27H2,1-4H3,(H,31,34)(H,32,36)(H,33,35)(H,37,38)(H4,28,29,30). The van der Waals surface area contributed by atoms with Crippen LogP contribution in [0.5, 0.6) is 0 Å². The van der Waals surface area contributed by atoms with Gasteiger partial charge in [-0.15, -0.1) is 0 Å². The summed E-state index contributed by atoms with van der Waals surface area (Å²) in [5.41, 5.74) is 17.7. The number of aliphatic imine (C=N–C) groups is 1. The minimum atomic E-state index is -1.15. The average molecular weight is 534 g/mol. The van der Waals surface area contributed by atoms with Gasteiger partial charge in [-0.05, 0) is 43.1 Å². The molecule has 1 rings (SSSR count). The maximum absolute atomic E-state index is 13.3. The third-order valence-corrected chi connectivity index (χ3v) is 5.78. The fourth-order valence-corrected chi connectivity index (χ4v) is 3.76. The number of amides is 3. The molecule has 0 aromatic heterocycles. The summed E-state index contributed by atoms with van der Waals surface area (Å²) < 4.78 is 0. The Morgan fingerprint density at radius 3 is 2.03 bits per heavy atom. The van der Waals surface area contributed by atoms with Crippen LogP contribution >= 0.6 is 0 Å². The van der Waals surface area contributed by atoms with Crippen molar-refractivity contribution in [2.24, 2.45) is 34.0 Å². The molecule has 0 aliphatic rings. The maximum atomic E-state index is 13.3. The predicted molar refractivity (Wildman–Crippen MR) is 146 cm³/mol. The van der Waals surface area contributed by atoms with Crippen LogP contribution < -0.4 is 33.2 Å². The van der Waals surface area contributed by atoms with E-state index >= 15 is 0 Å². The molecule has 12 heteroatoms. The number of hydrogen-bond acceptors (Lipinski definition) is 6. The minimum Gasteiger partial charge on any atom is -0.480 e. The van der Waals surface area contributed by atoms with Crippen molar-refractivity contribution in [2.45, 2.75) is 77.5 Å². The molecule has 3 amide bonds. The molecular weight excluding hydrogens is 490 g/mol. The van der Waals surface area contributed by atoms with Crippen LogP contribution in [0.2, 0.25) is 0 Å². The average Bonchev–Trinajstić information content (AvgIpc) is 2.83. The molecule has 1 aromatic carbocycles. The molecule has 0 saturated carbocycles. The zero-order valence-electron chi connectivity index (χ0n) is 22.6. The van der Waals surface area contributed by atoms with Gasteiger partial charge in [-0.1, -0.05) is 58.0 Å². The second kappa shape index (κ2) is 16.2. The van der Waals surface area contributed by atoms with Gasteiger partial charge in [-0.25, -0.2) is 4.79 Å². The lowest BCUT2D eigenvalue weighted by Crippen LogP contribution is -2.58. The first-order valence-electron chi connectivity index (χ1n) is 12.8. The Bertz CT molecular complexity index is 949. The second-order valence-corrected chi connectivity index (χ2v) is 10.1. The number of carbonyl (C=O) groups is 4. The number of nitrogens with one attached hydrogen (secondary N) is 3. The SMILES string of the molecule is CC(C)CC(NC(=O)C(NC(=O)C(CCCN=C(N)N)NC(=O)C(N)Cc1ccccc1)C(C)C)C(=O)O. The van der Waals surface area contributed by atoms with Gasteiger partial charge in [-0.2, -0.15) is 0 Å². The van der Waals surface area contributed by atoms with E-state index in [1.807, 2.05) is 44.2 Å². The number of hydrogen-bond donors (Lipinski definition) is 7. The highest BCUT2D eigenvalue weighted by molar-refractivity contribution is 5.94. The number of rotatable bonds is 16. The molecule has 38 heavy (non-hydrogen) atoms. The van der Waals surface area contributed by atoms with E-state index in [1.165, 1.54) is 0 Å². The Morgan fingerprint density at radius 1 is 0.895 bits per heavy atom. The molecule has 0 spiro atoms. The van der Waals surface area contributed by atoms with Crippen LogP contribution in [0.15, 0.2) is 35.3 Å². The van der Waals surface area contributed by atoms with E-state index in [4.69, 9.17) is 17.2 Å². The number of nitrogens with zero attached hydrogens (tertiary/aromatic N) is 1. The Hall–Kier alpha value is -3.67. The molecule has 4 atom stereocenters. The summed E-state index contributed by atoms with van der Waals surface area (Å²) in [6.45, 7) is 7.39. The molecule has 0 saturated heterocycles. The minimum absolute atomic E-state index is 0.0356. The smallest absolute Gasteiger partial charge is 0.326 e. The zero-order chi connectivity index (χ0) is 28.8. The molecule has 10 N–H and O–H groups in total. The van der Waals surface area contributed by atoms with Crippen molar-refractivity contribution in [1.29, 1.82) is 0 Å². The van der Waals surface area contributed by atoms with Crippen LogP contribution in [0.3, 0.4) is 0 Å². The second-order valence-electron chi connectivity index (χ2n) is 10.1. The van der Waals surface area contributed by atoms with Gasteiger partial charge < -0.3 is 38.3 Å². The van der Waals surface area contributed by atoms with Crippen LogP contribution in [0, 0.1) is 11.8 Å². The van der Waals surface area contributed by atoms with Gasteiger partial charge in [0, 0.05) is 6.54 Å². The zero-order valence-corrected chi connectivity index (χ0v) is 22.6. The molecule has 0 radical (unpaired) electrons. The van der Waals surface area contributed by atoms with E-state index in [0.29, 0.717) is 6.42 Å². The third kappa shape index (κ3) is 12.0. The van der Waals surface area contributed by atoms with Gasteiger partial charge >= 0.3 is 5.97 Å². The first-order valence-corrected chi connectivity index (χ1v) is 12.8. The highest BCUT2D eigenvalue weighted by Gasteiger charge is 2.32. The quantitative estimate of drug-likeness (QED) is 0.0859. The van der Waals surface area contributed by atoms with Crippen molar-refractivity contribution in [3.63, 3.8) is 0 Å². The number of nitrogens with two attached hydrogens (primary N) is 3. The van der Waals surface area contributed by atoms with Gasteiger partial charge in [0.1, 0.15) is 18.1 Å². The topological polar surface area (TPSA) is 215 Å². The summed E-state index contributed by atoms with van der Waals surface area (Å²) >= 11 is 0. The Morgan fingerprint density at radius 2 is 1.50 bits per heavy atom. The van der Waals surface area contributed by atoms with Gasteiger partial charge in [0.2, 0.25) is 17.7 Å². The fraction of sp³-hybridized carbons (Fsp3) is 0.577. The molecule has 212 valence electrons. The summed E-state index contributed by atoms with van der Waals surface area (Å²) in [6.07, 6.45) is 1.07. The van der Waals surface area contributed by atoms with Crippen LogP contribution in [0.4, 0.5) is 0 Å². The first kappa shape index (κ1) is 32.4. The Labute approximate surface area is 224 Å². The highest BCUT2D eigenvalue weighted by Crippen LogP contribution is 2.10. The number of carboxylic acids is 1. The van der Waals surface area contributed by atoms with Crippen molar-refractivity contribution in [2.75, 3.05) is 6.54 Å². The number of guanidine groups is 1. The highest BCUT2D eigenvalue weighted by atomic mass is 16.4. The van der Waals surface area contributed by atoms with Crippen LogP contribution in [-0.4, -0.2) is 65.5 Å². The molecule has 0 heterocycles.